The van der Waals surface area contributed by atoms with Gasteiger partial charge in [-0.2, -0.15) is 0 Å². The van der Waals surface area contributed by atoms with Crippen molar-refractivity contribution in [3.8, 4) is 0 Å². The summed E-state index contributed by atoms with van der Waals surface area (Å²) in [5.41, 5.74) is 4.12. The molecule has 3 rings (SSSR count). The number of esters is 1. The molecule has 0 aromatic heterocycles. The van der Waals surface area contributed by atoms with Crippen LogP contribution >= 0.6 is 0 Å². The fraction of sp³-hybridized carbons (Fsp3) is 0.429. The first kappa shape index (κ1) is 17.5. The van der Waals surface area contributed by atoms with Gasteiger partial charge >= 0.3 is 5.97 Å². The average Bonchev–Trinajstić information content (AvgIpc) is 2.53. The number of Topliss-reactive ketones (excluding diaryl/α,β-unsaturated/α-hetero) is 1. The fourth-order valence-corrected chi connectivity index (χ4v) is 4.01. The first-order chi connectivity index (χ1) is 11.8. The quantitative estimate of drug-likeness (QED) is 0.856. The number of rotatable bonds is 3. The molecule has 0 bridgehead atoms. The predicted octanol–water partition coefficient (Wildman–Crippen LogP) is 3.54. The minimum Gasteiger partial charge on any atom is -0.466 e. The van der Waals surface area contributed by atoms with Crippen molar-refractivity contribution in [2.45, 2.75) is 40.0 Å². The number of nitrogens with one attached hydrogen (secondary N) is 1. The monoisotopic (exact) mass is 339 g/mol. The molecule has 1 aromatic carbocycles. The summed E-state index contributed by atoms with van der Waals surface area (Å²) in [6.07, 6.45) is 1.94. The van der Waals surface area contributed by atoms with Crippen LogP contribution in [-0.2, 0) is 20.7 Å². The van der Waals surface area contributed by atoms with Crippen LogP contribution in [0.2, 0.25) is 0 Å². The van der Waals surface area contributed by atoms with Crippen molar-refractivity contribution in [2.75, 3.05) is 7.11 Å². The van der Waals surface area contributed by atoms with Crippen LogP contribution < -0.4 is 5.32 Å². The zero-order valence-corrected chi connectivity index (χ0v) is 15.3. The summed E-state index contributed by atoms with van der Waals surface area (Å²) in [5, 5.41) is 3.32. The summed E-state index contributed by atoms with van der Waals surface area (Å²) >= 11 is 0. The van der Waals surface area contributed by atoms with Gasteiger partial charge in [0, 0.05) is 29.3 Å². The molecule has 1 aliphatic carbocycles. The molecule has 0 amide bonds. The van der Waals surface area contributed by atoms with Crippen LogP contribution in [0.25, 0.3) is 0 Å². The Bertz CT molecular complexity index is 772. The summed E-state index contributed by atoms with van der Waals surface area (Å²) in [5.74, 6) is -0.488. The molecule has 4 nitrogen and oxygen atoms in total. The Kier molecular flexibility index (Phi) is 4.55. The molecule has 2 aliphatic rings. The molecule has 4 heteroatoms. The van der Waals surface area contributed by atoms with Crippen molar-refractivity contribution < 1.29 is 14.3 Å². The maximum Gasteiger partial charge on any atom is 0.336 e. The topological polar surface area (TPSA) is 55.4 Å². The van der Waals surface area contributed by atoms with Crippen LogP contribution in [0.15, 0.2) is 52.9 Å². The Morgan fingerprint density at radius 2 is 1.92 bits per heavy atom. The van der Waals surface area contributed by atoms with E-state index in [1.807, 2.05) is 37.3 Å². The third-order valence-electron chi connectivity index (χ3n) is 5.05. The molecule has 1 atom stereocenters. The van der Waals surface area contributed by atoms with Crippen molar-refractivity contribution >= 4 is 11.8 Å². The van der Waals surface area contributed by atoms with Gasteiger partial charge in [-0.3, -0.25) is 4.79 Å². The van der Waals surface area contributed by atoms with Gasteiger partial charge in [0.25, 0.3) is 0 Å². The summed E-state index contributed by atoms with van der Waals surface area (Å²) in [6, 6.07) is 9.98. The number of hydrogen-bond acceptors (Lipinski definition) is 4. The van der Waals surface area contributed by atoms with Crippen LogP contribution in [0.5, 0.6) is 0 Å². The van der Waals surface area contributed by atoms with E-state index in [0.717, 1.165) is 29.0 Å². The van der Waals surface area contributed by atoms with Crippen LogP contribution in [-0.4, -0.2) is 18.9 Å². The molecule has 25 heavy (non-hydrogen) atoms. The number of methoxy groups -OCH3 is 1. The standard InChI is InChI=1S/C21H25NO3/c1-13-18(20(24)25-4)15(10-14-8-6-5-7-9-14)19-16(22-13)11-21(2,3)12-17(19)23/h5-9,15,22H,10-12H2,1-4H3/t15-/m0/s1. The maximum atomic E-state index is 12.9. The largest absolute Gasteiger partial charge is 0.466 e. The van der Waals surface area contributed by atoms with Crippen LogP contribution in [0, 0.1) is 11.3 Å². The van der Waals surface area contributed by atoms with Gasteiger partial charge in [-0.1, -0.05) is 44.2 Å². The Morgan fingerprint density at radius 3 is 2.56 bits per heavy atom. The van der Waals surface area contributed by atoms with E-state index in [-0.39, 0.29) is 23.1 Å². The van der Waals surface area contributed by atoms with Gasteiger partial charge in [-0.25, -0.2) is 4.79 Å². The van der Waals surface area contributed by atoms with Crippen LogP contribution in [0.4, 0.5) is 0 Å². The Labute approximate surface area is 149 Å². The van der Waals surface area contributed by atoms with E-state index in [1.54, 1.807) is 0 Å². The van der Waals surface area contributed by atoms with Crippen molar-refractivity contribution in [3.05, 3.63) is 58.4 Å². The summed E-state index contributed by atoms with van der Waals surface area (Å²) in [7, 11) is 1.39. The first-order valence-corrected chi connectivity index (χ1v) is 8.68. The lowest BCUT2D eigenvalue weighted by Gasteiger charge is -2.39. The predicted molar refractivity (Wildman–Crippen MR) is 96.5 cm³/mol. The smallest absolute Gasteiger partial charge is 0.336 e. The zero-order chi connectivity index (χ0) is 18.2. The lowest BCUT2D eigenvalue weighted by Crippen LogP contribution is -2.40. The van der Waals surface area contributed by atoms with E-state index in [9.17, 15) is 9.59 Å². The summed E-state index contributed by atoms with van der Waals surface area (Å²) in [6.45, 7) is 6.11. The molecule has 0 saturated carbocycles. The zero-order valence-electron chi connectivity index (χ0n) is 15.3. The normalized spacial score (nSPS) is 22.4. The number of carbonyl (C=O) groups excluding carboxylic acids is 2. The number of dihydropyridines is 1. The van der Waals surface area contributed by atoms with Gasteiger partial charge in [0.05, 0.1) is 12.7 Å². The Hall–Kier alpha value is -2.36. The van der Waals surface area contributed by atoms with E-state index in [2.05, 4.69) is 19.2 Å². The van der Waals surface area contributed by atoms with Gasteiger partial charge in [0.2, 0.25) is 0 Å². The minimum absolute atomic E-state index is 0.0662. The summed E-state index contributed by atoms with van der Waals surface area (Å²) in [4.78, 5) is 25.4. The molecule has 132 valence electrons. The third kappa shape index (κ3) is 3.39. The highest BCUT2D eigenvalue weighted by atomic mass is 16.5. The molecule has 0 saturated heterocycles. The second kappa shape index (κ2) is 6.51. The van der Waals surface area contributed by atoms with Gasteiger partial charge < -0.3 is 10.1 Å². The van der Waals surface area contributed by atoms with Crippen molar-refractivity contribution in [3.63, 3.8) is 0 Å². The second-order valence-corrected chi connectivity index (χ2v) is 7.73. The fourth-order valence-electron chi connectivity index (χ4n) is 4.01. The average molecular weight is 339 g/mol. The minimum atomic E-state index is -0.366. The SMILES string of the molecule is COC(=O)C1=C(C)NC2=C(C(=O)CC(C)(C)C2)[C@H]1Cc1ccccc1. The highest BCUT2D eigenvalue weighted by Crippen LogP contribution is 2.43. The number of ketones is 1. The molecule has 0 fully saturated rings. The lowest BCUT2D eigenvalue weighted by atomic mass is 9.69. The van der Waals surface area contributed by atoms with Gasteiger partial charge in [0.1, 0.15) is 0 Å². The maximum absolute atomic E-state index is 12.9. The molecule has 1 aromatic rings. The number of benzene rings is 1. The molecular formula is C21H25NO3. The Balaban J connectivity index is 2.07. The van der Waals surface area contributed by atoms with E-state index in [0.29, 0.717) is 18.4 Å². The van der Waals surface area contributed by atoms with Gasteiger partial charge in [-0.15, -0.1) is 0 Å². The van der Waals surface area contributed by atoms with Crippen LogP contribution in [0.3, 0.4) is 0 Å². The number of ether oxygens (including phenoxy) is 1. The number of carbonyl (C=O) groups is 2. The number of allylic oxidation sites excluding steroid dienone is 3. The van der Waals surface area contributed by atoms with Crippen molar-refractivity contribution in [1.29, 1.82) is 0 Å². The van der Waals surface area contributed by atoms with Crippen LogP contribution in [0.1, 0.15) is 39.2 Å². The highest BCUT2D eigenvalue weighted by Gasteiger charge is 2.42. The molecule has 0 spiro atoms. The third-order valence-corrected chi connectivity index (χ3v) is 5.05. The van der Waals surface area contributed by atoms with E-state index < -0.39 is 0 Å². The van der Waals surface area contributed by atoms with Gasteiger partial charge in [0.15, 0.2) is 5.78 Å². The van der Waals surface area contributed by atoms with E-state index in [4.69, 9.17) is 4.74 Å². The second-order valence-electron chi connectivity index (χ2n) is 7.73. The van der Waals surface area contributed by atoms with E-state index in [1.165, 1.54) is 7.11 Å². The molecule has 1 heterocycles. The molecule has 1 N–H and O–H groups in total. The lowest BCUT2D eigenvalue weighted by molar-refractivity contribution is -0.136. The van der Waals surface area contributed by atoms with Gasteiger partial charge in [-0.05, 0) is 30.7 Å². The van der Waals surface area contributed by atoms with E-state index >= 15 is 0 Å². The molecular weight excluding hydrogens is 314 g/mol. The number of hydrogen-bond donors (Lipinski definition) is 1. The molecule has 0 unspecified atom stereocenters. The Morgan fingerprint density at radius 1 is 1.24 bits per heavy atom. The summed E-state index contributed by atoms with van der Waals surface area (Å²) < 4.78 is 5.01. The molecule has 1 aliphatic heterocycles. The first-order valence-electron chi connectivity index (χ1n) is 8.68. The highest BCUT2D eigenvalue weighted by molar-refractivity contribution is 6.02. The van der Waals surface area contributed by atoms with Crippen molar-refractivity contribution in [2.24, 2.45) is 11.3 Å². The van der Waals surface area contributed by atoms with Crippen molar-refractivity contribution in [1.82, 2.24) is 5.32 Å². The molecule has 0 radical (unpaired) electrons.